The van der Waals surface area contributed by atoms with Gasteiger partial charge in [0.15, 0.2) is 0 Å². The lowest BCUT2D eigenvalue weighted by Gasteiger charge is -2.12. The van der Waals surface area contributed by atoms with Gasteiger partial charge in [0.2, 0.25) is 0 Å². The number of fused-ring (bicyclic) bond motifs is 1. The van der Waals surface area contributed by atoms with Crippen molar-refractivity contribution in [1.82, 2.24) is 4.90 Å². The summed E-state index contributed by atoms with van der Waals surface area (Å²) >= 11 is 1.71. The van der Waals surface area contributed by atoms with E-state index >= 15 is 0 Å². The molecule has 0 aliphatic carbocycles. The van der Waals surface area contributed by atoms with Crippen molar-refractivity contribution in [1.29, 1.82) is 0 Å². The third-order valence-corrected chi connectivity index (χ3v) is 3.93. The molecule has 2 rings (SSSR count). The summed E-state index contributed by atoms with van der Waals surface area (Å²) in [6.45, 7) is 1.03. The first-order valence-corrected chi connectivity index (χ1v) is 6.85. The van der Waals surface area contributed by atoms with Crippen LogP contribution in [0.5, 0.6) is 0 Å². The predicted molar refractivity (Wildman–Crippen MR) is 74.6 cm³/mol. The number of hydrogen-bond donors (Lipinski definition) is 1. The second kappa shape index (κ2) is 5.63. The number of hydrogen-bond acceptors (Lipinski definition) is 3. The molecular weight excluding hydrogens is 230 g/mol. The van der Waals surface area contributed by atoms with Crippen LogP contribution in [0.25, 0.3) is 10.1 Å². The zero-order valence-corrected chi connectivity index (χ0v) is 11.2. The Balaban J connectivity index is 2.06. The van der Waals surface area contributed by atoms with Crippen LogP contribution < -0.4 is 0 Å². The lowest BCUT2D eigenvalue weighted by molar-refractivity contribution is 0.162. The van der Waals surface area contributed by atoms with Crippen LogP contribution in [0.15, 0.2) is 29.6 Å². The van der Waals surface area contributed by atoms with Gasteiger partial charge in [0.25, 0.3) is 0 Å². The highest BCUT2D eigenvalue weighted by Crippen LogP contribution is 2.31. The van der Waals surface area contributed by atoms with Gasteiger partial charge in [-0.1, -0.05) is 18.2 Å². The Morgan fingerprint density at radius 2 is 2.06 bits per heavy atom. The fourth-order valence-corrected chi connectivity index (χ4v) is 3.02. The summed E-state index contributed by atoms with van der Waals surface area (Å²) in [5.74, 6) is 0. The van der Waals surface area contributed by atoms with Crippen LogP contribution in [0.1, 0.15) is 24.5 Å². The highest BCUT2D eigenvalue weighted by Gasteiger charge is 2.12. The second-order valence-corrected chi connectivity index (χ2v) is 5.56. The van der Waals surface area contributed by atoms with Crippen LogP contribution in [0.4, 0.5) is 0 Å². The van der Waals surface area contributed by atoms with E-state index in [2.05, 4.69) is 36.5 Å². The minimum Gasteiger partial charge on any atom is -0.388 e. The molecule has 0 fully saturated rings. The summed E-state index contributed by atoms with van der Waals surface area (Å²) in [5.41, 5.74) is 1.09. The van der Waals surface area contributed by atoms with E-state index in [9.17, 15) is 5.11 Å². The van der Waals surface area contributed by atoms with Gasteiger partial charge in [-0.3, -0.25) is 0 Å². The van der Waals surface area contributed by atoms with Crippen molar-refractivity contribution in [3.63, 3.8) is 0 Å². The van der Waals surface area contributed by atoms with Crippen LogP contribution in [0, 0.1) is 0 Å². The zero-order chi connectivity index (χ0) is 12.3. The molecule has 0 radical (unpaired) electrons. The van der Waals surface area contributed by atoms with Crippen LogP contribution >= 0.6 is 11.3 Å². The fraction of sp³-hybridized carbons (Fsp3) is 0.429. The van der Waals surface area contributed by atoms with E-state index in [0.717, 1.165) is 24.9 Å². The molecule has 17 heavy (non-hydrogen) atoms. The number of benzene rings is 1. The van der Waals surface area contributed by atoms with Gasteiger partial charge >= 0.3 is 0 Å². The molecule has 0 saturated carbocycles. The smallest absolute Gasteiger partial charge is 0.0804 e. The molecule has 1 aromatic heterocycles. The van der Waals surface area contributed by atoms with Crippen LogP contribution in [0.3, 0.4) is 0 Å². The van der Waals surface area contributed by atoms with Gasteiger partial charge in [-0.2, -0.15) is 0 Å². The molecule has 0 saturated heterocycles. The SMILES string of the molecule is CN(C)CCCC(O)c1csc2ccccc12. The van der Waals surface area contributed by atoms with E-state index in [0.29, 0.717) is 0 Å². The monoisotopic (exact) mass is 249 g/mol. The first-order valence-electron chi connectivity index (χ1n) is 5.97. The van der Waals surface area contributed by atoms with Gasteiger partial charge in [0.1, 0.15) is 0 Å². The topological polar surface area (TPSA) is 23.5 Å². The number of aliphatic hydroxyl groups excluding tert-OH is 1. The molecule has 2 aromatic rings. The quantitative estimate of drug-likeness (QED) is 0.879. The maximum Gasteiger partial charge on any atom is 0.0804 e. The Morgan fingerprint density at radius 3 is 2.82 bits per heavy atom. The number of aliphatic hydroxyl groups is 1. The Hall–Kier alpha value is -0.900. The highest BCUT2D eigenvalue weighted by atomic mass is 32.1. The third kappa shape index (κ3) is 3.06. The lowest BCUT2D eigenvalue weighted by Crippen LogP contribution is -2.13. The minimum absolute atomic E-state index is 0.328. The highest BCUT2D eigenvalue weighted by molar-refractivity contribution is 7.17. The van der Waals surface area contributed by atoms with Crippen molar-refractivity contribution in [2.45, 2.75) is 18.9 Å². The summed E-state index contributed by atoms with van der Waals surface area (Å²) in [5, 5.41) is 13.5. The largest absolute Gasteiger partial charge is 0.388 e. The van der Waals surface area contributed by atoms with E-state index in [4.69, 9.17) is 0 Å². The van der Waals surface area contributed by atoms with E-state index < -0.39 is 0 Å². The first kappa shape index (κ1) is 12.6. The van der Waals surface area contributed by atoms with Crippen LogP contribution in [0.2, 0.25) is 0 Å². The standard InChI is InChI=1S/C14H19NOS/c1-15(2)9-5-7-13(16)12-10-17-14-8-4-3-6-11(12)14/h3-4,6,8,10,13,16H,5,7,9H2,1-2H3. The van der Waals surface area contributed by atoms with Gasteiger partial charge in [-0.15, -0.1) is 11.3 Å². The van der Waals surface area contributed by atoms with E-state index in [1.165, 1.54) is 10.1 Å². The average molecular weight is 249 g/mol. The predicted octanol–water partition coefficient (Wildman–Crippen LogP) is 3.28. The molecule has 1 atom stereocenters. The van der Waals surface area contributed by atoms with E-state index in [1.807, 2.05) is 12.1 Å². The Bertz CT molecular complexity index is 478. The van der Waals surface area contributed by atoms with Crippen LogP contribution in [-0.2, 0) is 0 Å². The van der Waals surface area contributed by atoms with E-state index in [1.54, 1.807) is 11.3 Å². The van der Waals surface area contributed by atoms with E-state index in [-0.39, 0.29) is 6.10 Å². The maximum atomic E-state index is 10.2. The Kier molecular flexibility index (Phi) is 4.15. The summed E-state index contributed by atoms with van der Waals surface area (Å²) in [7, 11) is 4.12. The van der Waals surface area contributed by atoms with Crippen molar-refractivity contribution >= 4 is 21.4 Å². The van der Waals surface area contributed by atoms with Crippen LogP contribution in [-0.4, -0.2) is 30.6 Å². The van der Waals surface area contributed by atoms with Crippen molar-refractivity contribution in [2.24, 2.45) is 0 Å². The summed E-state index contributed by atoms with van der Waals surface area (Å²) in [6.07, 6.45) is 1.53. The summed E-state index contributed by atoms with van der Waals surface area (Å²) in [4.78, 5) is 2.15. The minimum atomic E-state index is -0.328. The van der Waals surface area contributed by atoms with Gasteiger partial charge in [-0.05, 0) is 55.9 Å². The molecule has 1 heterocycles. The molecule has 1 unspecified atom stereocenters. The number of nitrogens with zero attached hydrogens (tertiary/aromatic N) is 1. The fourth-order valence-electron chi connectivity index (χ4n) is 2.01. The molecule has 2 nitrogen and oxygen atoms in total. The second-order valence-electron chi connectivity index (χ2n) is 4.65. The van der Waals surface area contributed by atoms with Crippen molar-refractivity contribution in [3.8, 4) is 0 Å². The molecule has 0 aliphatic heterocycles. The molecular formula is C14H19NOS. The molecule has 0 aliphatic rings. The van der Waals surface area contributed by atoms with Gasteiger partial charge in [-0.25, -0.2) is 0 Å². The number of thiophene rings is 1. The number of rotatable bonds is 5. The average Bonchev–Trinajstić information content (AvgIpc) is 2.72. The molecule has 1 aromatic carbocycles. The Labute approximate surface area is 106 Å². The van der Waals surface area contributed by atoms with Crippen molar-refractivity contribution in [2.75, 3.05) is 20.6 Å². The molecule has 0 bridgehead atoms. The molecule has 3 heteroatoms. The molecule has 92 valence electrons. The first-order chi connectivity index (χ1) is 8.18. The third-order valence-electron chi connectivity index (χ3n) is 2.95. The molecule has 1 N–H and O–H groups in total. The van der Waals surface area contributed by atoms with Gasteiger partial charge < -0.3 is 10.0 Å². The lowest BCUT2D eigenvalue weighted by atomic mass is 10.0. The normalized spacial score (nSPS) is 13.4. The Morgan fingerprint density at radius 1 is 1.29 bits per heavy atom. The summed E-state index contributed by atoms with van der Waals surface area (Å²) < 4.78 is 1.26. The molecule has 0 amide bonds. The van der Waals surface area contributed by atoms with Crippen molar-refractivity contribution in [3.05, 3.63) is 35.2 Å². The van der Waals surface area contributed by atoms with Gasteiger partial charge in [0, 0.05) is 4.70 Å². The molecule has 0 spiro atoms. The zero-order valence-electron chi connectivity index (χ0n) is 10.4. The van der Waals surface area contributed by atoms with Gasteiger partial charge in [0.05, 0.1) is 6.10 Å². The maximum absolute atomic E-state index is 10.2. The summed E-state index contributed by atoms with van der Waals surface area (Å²) in [6, 6.07) is 8.28. The van der Waals surface area contributed by atoms with Crippen molar-refractivity contribution < 1.29 is 5.11 Å².